The summed E-state index contributed by atoms with van der Waals surface area (Å²) in [6, 6.07) is 8.73. The largest absolute Gasteiger partial charge is 0.302 e. The topological polar surface area (TPSA) is 3.24 Å². The van der Waals surface area contributed by atoms with Gasteiger partial charge in [0.2, 0.25) is 0 Å². The summed E-state index contributed by atoms with van der Waals surface area (Å²) in [6.07, 6.45) is 16.0. The van der Waals surface area contributed by atoms with Crippen molar-refractivity contribution in [3.63, 3.8) is 0 Å². The van der Waals surface area contributed by atoms with Crippen molar-refractivity contribution in [3.05, 3.63) is 42.0 Å². The fraction of sp³-hybridized carbons (Fsp3) is 0.636. The minimum atomic E-state index is 1.05. The summed E-state index contributed by atoms with van der Waals surface area (Å²) in [4.78, 5) is 2.44. The molecule has 0 bridgehead atoms. The predicted molar refractivity (Wildman–Crippen MR) is 105 cm³/mol. The van der Waals surface area contributed by atoms with Crippen LogP contribution in [0.4, 0.5) is 0 Å². The van der Waals surface area contributed by atoms with Gasteiger partial charge in [0.25, 0.3) is 0 Å². The summed E-state index contributed by atoms with van der Waals surface area (Å²) in [6.45, 7) is 8.34. The Bertz CT molecular complexity index is 393. The number of nitrogens with zero attached hydrogens (tertiary/aromatic N) is 1. The molecule has 0 aliphatic rings. The highest BCUT2D eigenvalue weighted by Gasteiger charge is 2.00. The summed E-state index contributed by atoms with van der Waals surface area (Å²) < 4.78 is 0. The Morgan fingerprint density at radius 1 is 0.826 bits per heavy atom. The number of hydrogen-bond donors (Lipinski definition) is 0. The zero-order valence-corrected chi connectivity index (χ0v) is 15.5. The van der Waals surface area contributed by atoms with E-state index in [2.05, 4.69) is 49.7 Å². The van der Waals surface area contributed by atoms with Gasteiger partial charge in [-0.15, -0.1) is 0 Å². The van der Waals surface area contributed by atoms with Crippen LogP contribution in [0.15, 0.2) is 30.8 Å². The number of benzene rings is 1. The molecular weight excluding hydrogens is 278 g/mol. The zero-order valence-electron chi connectivity index (χ0n) is 15.5. The molecule has 1 aromatic rings. The van der Waals surface area contributed by atoms with Gasteiger partial charge in [-0.3, -0.25) is 0 Å². The molecule has 0 saturated carbocycles. The molecule has 130 valence electrons. The molecule has 23 heavy (non-hydrogen) atoms. The molecule has 1 heteroatoms. The van der Waals surface area contributed by atoms with Gasteiger partial charge in [-0.1, -0.05) is 102 Å². The highest BCUT2D eigenvalue weighted by Crippen LogP contribution is 2.12. The molecule has 0 spiro atoms. The average Bonchev–Trinajstić information content (AvgIpc) is 2.57. The van der Waals surface area contributed by atoms with Crippen LogP contribution in [0.5, 0.6) is 0 Å². The molecule has 0 saturated heterocycles. The first-order chi connectivity index (χ1) is 11.3. The molecule has 0 heterocycles. The van der Waals surface area contributed by atoms with Gasteiger partial charge in [-0.2, -0.15) is 0 Å². The lowest BCUT2D eigenvalue weighted by molar-refractivity contribution is 0.316. The molecule has 0 fully saturated rings. The van der Waals surface area contributed by atoms with Crippen molar-refractivity contribution in [3.8, 4) is 0 Å². The molecule has 1 aromatic carbocycles. The third-order valence-corrected chi connectivity index (χ3v) is 4.56. The molecule has 1 rings (SSSR count). The van der Waals surface area contributed by atoms with E-state index in [1.165, 1.54) is 81.9 Å². The molecular formula is C22H37N. The van der Waals surface area contributed by atoms with E-state index in [9.17, 15) is 0 Å². The third-order valence-electron chi connectivity index (χ3n) is 4.56. The summed E-state index contributed by atoms with van der Waals surface area (Å²) >= 11 is 0. The van der Waals surface area contributed by atoms with Crippen LogP contribution in [0, 0.1) is 0 Å². The van der Waals surface area contributed by atoms with Gasteiger partial charge in [0.15, 0.2) is 0 Å². The summed E-state index contributed by atoms with van der Waals surface area (Å²) in [7, 11) is 2.23. The van der Waals surface area contributed by atoms with Crippen LogP contribution < -0.4 is 0 Å². The van der Waals surface area contributed by atoms with E-state index in [0.717, 1.165) is 6.54 Å². The monoisotopic (exact) mass is 315 g/mol. The maximum Gasteiger partial charge on any atom is 0.0230 e. The minimum absolute atomic E-state index is 1.05. The second-order valence-corrected chi connectivity index (χ2v) is 6.87. The Morgan fingerprint density at radius 3 is 1.87 bits per heavy atom. The van der Waals surface area contributed by atoms with Crippen LogP contribution in [-0.2, 0) is 6.54 Å². The molecule has 0 amide bonds. The van der Waals surface area contributed by atoms with Crippen molar-refractivity contribution in [1.29, 1.82) is 0 Å². The Balaban J connectivity index is 1.97. The molecule has 0 unspecified atom stereocenters. The van der Waals surface area contributed by atoms with Crippen molar-refractivity contribution in [2.45, 2.75) is 77.7 Å². The average molecular weight is 316 g/mol. The Labute approximate surface area is 144 Å². The van der Waals surface area contributed by atoms with Crippen LogP contribution in [0.1, 0.15) is 82.3 Å². The molecule has 1 nitrogen and oxygen atoms in total. The number of rotatable bonds is 14. The smallest absolute Gasteiger partial charge is 0.0230 e. The van der Waals surface area contributed by atoms with Gasteiger partial charge in [0, 0.05) is 6.54 Å². The van der Waals surface area contributed by atoms with Gasteiger partial charge in [-0.05, 0) is 31.1 Å². The standard InChI is InChI=1S/C22H37N/c1-4-6-7-8-9-10-11-12-13-14-19-23(3)20-22-17-15-21(5-2)16-18-22/h5,15-18H,2,4,6-14,19-20H2,1,3H3. The lowest BCUT2D eigenvalue weighted by Crippen LogP contribution is -2.19. The highest BCUT2D eigenvalue weighted by molar-refractivity contribution is 5.47. The van der Waals surface area contributed by atoms with Crippen LogP contribution in [0.2, 0.25) is 0 Å². The molecule has 0 aliphatic heterocycles. The van der Waals surface area contributed by atoms with Crippen LogP contribution in [-0.4, -0.2) is 18.5 Å². The Hall–Kier alpha value is -1.08. The summed E-state index contributed by atoms with van der Waals surface area (Å²) in [5.74, 6) is 0. The maximum absolute atomic E-state index is 3.80. The van der Waals surface area contributed by atoms with Gasteiger partial charge >= 0.3 is 0 Å². The van der Waals surface area contributed by atoms with Gasteiger partial charge in [-0.25, -0.2) is 0 Å². The quantitative estimate of drug-likeness (QED) is 0.346. The highest BCUT2D eigenvalue weighted by atomic mass is 15.1. The predicted octanol–water partition coefficient (Wildman–Crippen LogP) is 6.68. The van der Waals surface area contributed by atoms with E-state index in [0.29, 0.717) is 0 Å². The first-order valence-electron chi connectivity index (χ1n) is 9.66. The fourth-order valence-corrected chi connectivity index (χ4v) is 3.02. The second-order valence-electron chi connectivity index (χ2n) is 6.87. The zero-order chi connectivity index (χ0) is 16.8. The summed E-state index contributed by atoms with van der Waals surface area (Å²) in [5.41, 5.74) is 2.59. The molecule has 0 radical (unpaired) electrons. The van der Waals surface area contributed by atoms with Crippen LogP contribution in [0.25, 0.3) is 6.08 Å². The first-order valence-corrected chi connectivity index (χ1v) is 9.66. The van der Waals surface area contributed by atoms with Crippen LogP contribution in [0.3, 0.4) is 0 Å². The second kappa shape index (κ2) is 13.4. The van der Waals surface area contributed by atoms with Crippen molar-refractivity contribution in [2.24, 2.45) is 0 Å². The Kier molecular flexibility index (Phi) is 11.6. The number of unbranched alkanes of at least 4 members (excludes halogenated alkanes) is 9. The van der Waals surface area contributed by atoms with Crippen LogP contribution >= 0.6 is 0 Å². The normalized spacial score (nSPS) is 11.1. The number of hydrogen-bond acceptors (Lipinski definition) is 1. The van der Waals surface area contributed by atoms with E-state index < -0.39 is 0 Å². The Morgan fingerprint density at radius 2 is 1.35 bits per heavy atom. The van der Waals surface area contributed by atoms with Gasteiger partial charge < -0.3 is 4.90 Å². The van der Waals surface area contributed by atoms with Gasteiger partial charge in [0.05, 0.1) is 0 Å². The lowest BCUT2D eigenvalue weighted by atomic mass is 10.1. The third kappa shape index (κ3) is 10.3. The van der Waals surface area contributed by atoms with Crippen molar-refractivity contribution >= 4 is 6.08 Å². The van der Waals surface area contributed by atoms with Gasteiger partial charge in [0.1, 0.15) is 0 Å². The molecule has 0 aromatic heterocycles. The van der Waals surface area contributed by atoms with Crippen molar-refractivity contribution < 1.29 is 0 Å². The lowest BCUT2D eigenvalue weighted by Gasteiger charge is -2.16. The van der Waals surface area contributed by atoms with Crippen molar-refractivity contribution in [2.75, 3.05) is 13.6 Å². The fourth-order valence-electron chi connectivity index (χ4n) is 3.02. The van der Waals surface area contributed by atoms with Crippen molar-refractivity contribution in [1.82, 2.24) is 4.90 Å². The van der Waals surface area contributed by atoms with E-state index in [1.807, 2.05) is 6.08 Å². The van der Waals surface area contributed by atoms with E-state index in [4.69, 9.17) is 0 Å². The summed E-state index contributed by atoms with van der Waals surface area (Å²) in [5, 5.41) is 0. The van der Waals surface area contributed by atoms with E-state index in [-0.39, 0.29) is 0 Å². The SMILES string of the molecule is C=Cc1ccc(CN(C)CCCCCCCCCCCC)cc1. The first kappa shape index (κ1) is 20.0. The molecule has 0 N–H and O–H groups in total. The maximum atomic E-state index is 3.80. The van der Waals surface area contributed by atoms with E-state index in [1.54, 1.807) is 0 Å². The van der Waals surface area contributed by atoms with E-state index >= 15 is 0 Å². The molecule has 0 atom stereocenters. The molecule has 0 aliphatic carbocycles. The minimum Gasteiger partial charge on any atom is -0.302 e.